The highest BCUT2D eigenvalue weighted by Crippen LogP contribution is 2.27. The number of nitrogens with one attached hydrogen (secondary N) is 1. The van der Waals surface area contributed by atoms with Gasteiger partial charge in [0.05, 0.1) is 0 Å². The molecule has 0 amide bonds. The standard InChI is InChI=1S/C19H32N2/c1-15(2)20-13-17-6-5-7-18(12-17)14-21(4)19-10-8-16(3)9-11-19/h5-7,12,15-16,19-20H,8-11,13-14H2,1-4H3. The Morgan fingerprint density at radius 3 is 2.48 bits per heavy atom. The zero-order valence-corrected chi connectivity index (χ0v) is 14.2. The molecular weight excluding hydrogens is 256 g/mol. The highest BCUT2D eigenvalue weighted by atomic mass is 15.1. The first-order valence-corrected chi connectivity index (χ1v) is 8.56. The summed E-state index contributed by atoms with van der Waals surface area (Å²) in [6.07, 6.45) is 5.53. The molecule has 0 bridgehead atoms. The van der Waals surface area contributed by atoms with E-state index in [4.69, 9.17) is 0 Å². The fourth-order valence-corrected chi connectivity index (χ4v) is 3.26. The van der Waals surface area contributed by atoms with Gasteiger partial charge in [-0.05, 0) is 49.8 Å². The van der Waals surface area contributed by atoms with E-state index in [1.807, 2.05) is 0 Å². The number of hydrogen-bond donors (Lipinski definition) is 1. The average Bonchev–Trinajstić information content (AvgIpc) is 2.46. The molecule has 2 nitrogen and oxygen atoms in total. The van der Waals surface area contributed by atoms with Crippen LogP contribution in [0.2, 0.25) is 0 Å². The smallest absolute Gasteiger partial charge is 0.0233 e. The van der Waals surface area contributed by atoms with Crippen molar-refractivity contribution in [2.24, 2.45) is 5.92 Å². The molecule has 0 unspecified atom stereocenters. The summed E-state index contributed by atoms with van der Waals surface area (Å²) in [7, 11) is 2.29. The Kier molecular flexibility index (Phi) is 6.25. The van der Waals surface area contributed by atoms with Gasteiger partial charge in [-0.3, -0.25) is 4.90 Å². The molecule has 0 heterocycles. The summed E-state index contributed by atoms with van der Waals surface area (Å²) >= 11 is 0. The van der Waals surface area contributed by atoms with E-state index >= 15 is 0 Å². The van der Waals surface area contributed by atoms with Crippen molar-refractivity contribution in [1.29, 1.82) is 0 Å². The van der Waals surface area contributed by atoms with E-state index in [-0.39, 0.29) is 0 Å². The second-order valence-corrected chi connectivity index (χ2v) is 7.18. The minimum absolute atomic E-state index is 0.542. The van der Waals surface area contributed by atoms with E-state index in [0.29, 0.717) is 6.04 Å². The predicted octanol–water partition coefficient (Wildman–Crippen LogP) is 4.20. The number of nitrogens with zero attached hydrogens (tertiary/aromatic N) is 1. The van der Waals surface area contributed by atoms with Crippen LogP contribution in [0.3, 0.4) is 0 Å². The van der Waals surface area contributed by atoms with Crippen molar-refractivity contribution >= 4 is 0 Å². The number of rotatable bonds is 6. The third kappa shape index (κ3) is 5.44. The van der Waals surface area contributed by atoms with Crippen molar-refractivity contribution in [3.05, 3.63) is 35.4 Å². The van der Waals surface area contributed by atoms with Gasteiger partial charge in [0.2, 0.25) is 0 Å². The average molecular weight is 288 g/mol. The molecule has 2 rings (SSSR count). The van der Waals surface area contributed by atoms with Gasteiger partial charge < -0.3 is 5.32 Å². The van der Waals surface area contributed by atoms with E-state index in [1.165, 1.54) is 36.8 Å². The molecule has 0 saturated heterocycles. The molecule has 1 fully saturated rings. The number of hydrogen-bond acceptors (Lipinski definition) is 2. The van der Waals surface area contributed by atoms with Crippen LogP contribution < -0.4 is 5.32 Å². The molecule has 1 aromatic rings. The van der Waals surface area contributed by atoms with Crippen molar-refractivity contribution in [3.8, 4) is 0 Å². The highest BCUT2D eigenvalue weighted by Gasteiger charge is 2.21. The molecule has 118 valence electrons. The minimum Gasteiger partial charge on any atom is -0.310 e. The van der Waals surface area contributed by atoms with Gasteiger partial charge in [-0.1, -0.05) is 45.0 Å². The lowest BCUT2D eigenvalue weighted by Gasteiger charge is -2.33. The summed E-state index contributed by atoms with van der Waals surface area (Å²) in [6.45, 7) is 8.83. The van der Waals surface area contributed by atoms with Crippen LogP contribution in [0.25, 0.3) is 0 Å². The molecule has 1 aliphatic rings. The van der Waals surface area contributed by atoms with Gasteiger partial charge >= 0.3 is 0 Å². The summed E-state index contributed by atoms with van der Waals surface area (Å²) in [6, 6.07) is 10.4. The Morgan fingerprint density at radius 2 is 1.81 bits per heavy atom. The van der Waals surface area contributed by atoms with Crippen molar-refractivity contribution < 1.29 is 0 Å². The van der Waals surface area contributed by atoms with Crippen LogP contribution >= 0.6 is 0 Å². The van der Waals surface area contributed by atoms with Gasteiger partial charge in [0.1, 0.15) is 0 Å². The second kappa shape index (κ2) is 7.95. The zero-order chi connectivity index (χ0) is 15.2. The van der Waals surface area contributed by atoms with Crippen LogP contribution in [0.5, 0.6) is 0 Å². The van der Waals surface area contributed by atoms with Crippen molar-refractivity contribution in [1.82, 2.24) is 10.2 Å². The van der Waals surface area contributed by atoms with Crippen LogP contribution in [0.4, 0.5) is 0 Å². The Bertz CT molecular complexity index is 419. The topological polar surface area (TPSA) is 15.3 Å². The van der Waals surface area contributed by atoms with Crippen LogP contribution in [0, 0.1) is 5.92 Å². The van der Waals surface area contributed by atoms with Crippen molar-refractivity contribution in [2.75, 3.05) is 7.05 Å². The molecule has 0 radical (unpaired) electrons. The highest BCUT2D eigenvalue weighted by molar-refractivity contribution is 5.23. The first kappa shape index (κ1) is 16.5. The maximum absolute atomic E-state index is 3.50. The Balaban J connectivity index is 1.88. The fraction of sp³-hybridized carbons (Fsp3) is 0.684. The molecule has 0 aliphatic heterocycles. The monoisotopic (exact) mass is 288 g/mol. The molecule has 0 aromatic heterocycles. The van der Waals surface area contributed by atoms with E-state index < -0.39 is 0 Å². The summed E-state index contributed by atoms with van der Waals surface area (Å²) in [4.78, 5) is 2.56. The lowest BCUT2D eigenvalue weighted by molar-refractivity contribution is 0.164. The Hall–Kier alpha value is -0.860. The van der Waals surface area contributed by atoms with Gasteiger partial charge in [-0.25, -0.2) is 0 Å². The maximum atomic E-state index is 3.50. The molecule has 21 heavy (non-hydrogen) atoms. The van der Waals surface area contributed by atoms with E-state index in [1.54, 1.807) is 0 Å². The quantitative estimate of drug-likeness (QED) is 0.844. The van der Waals surface area contributed by atoms with Gasteiger partial charge in [0.15, 0.2) is 0 Å². The van der Waals surface area contributed by atoms with Gasteiger partial charge in [0.25, 0.3) is 0 Å². The second-order valence-electron chi connectivity index (χ2n) is 7.18. The first-order chi connectivity index (χ1) is 10.0. The summed E-state index contributed by atoms with van der Waals surface area (Å²) < 4.78 is 0. The predicted molar refractivity (Wildman–Crippen MR) is 91.3 cm³/mol. The Labute approximate surface area is 130 Å². The molecule has 2 heteroatoms. The summed E-state index contributed by atoms with van der Waals surface area (Å²) in [5.74, 6) is 0.931. The third-order valence-corrected chi connectivity index (χ3v) is 4.75. The van der Waals surface area contributed by atoms with Crippen LogP contribution in [0.15, 0.2) is 24.3 Å². The fourth-order valence-electron chi connectivity index (χ4n) is 3.26. The molecule has 1 aromatic carbocycles. The largest absolute Gasteiger partial charge is 0.310 e. The van der Waals surface area contributed by atoms with Crippen LogP contribution in [0.1, 0.15) is 57.6 Å². The van der Waals surface area contributed by atoms with Crippen molar-refractivity contribution in [3.63, 3.8) is 0 Å². The SMILES string of the molecule is CC1CCC(N(C)Cc2cccc(CNC(C)C)c2)CC1. The van der Waals surface area contributed by atoms with Gasteiger partial charge in [-0.15, -0.1) is 0 Å². The molecule has 1 N–H and O–H groups in total. The summed E-state index contributed by atoms with van der Waals surface area (Å²) in [5.41, 5.74) is 2.84. The Morgan fingerprint density at radius 1 is 1.14 bits per heavy atom. The first-order valence-electron chi connectivity index (χ1n) is 8.56. The van der Waals surface area contributed by atoms with Crippen molar-refractivity contribution in [2.45, 2.75) is 71.6 Å². The third-order valence-electron chi connectivity index (χ3n) is 4.75. The molecular formula is C19H32N2. The van der Waals surface area contributed by atoms with E-state index in [9.17, 15) is 0 Å². The van der Waals surface area contributed by atoms with Gasteiger partial charge in [0, 0.05) is 25.2 Å². The van der Waals surface area contributed by atoms with Crippen LogP contribution in [-0.2, 0) is 13.1 Å². The molecule has 0 spiro atoms. The molecule has 0 atom stereocenters. The number of benzene rings is 1. The lowest BCUT2D eigenvalue weighted by Crippen LogP contribution is -2.34. The zero-order valence-electron chi connectivity index (χ0n) is 14.2. The lowest BCUT2D eigenvalue weighted by atomic mass is 9.86. The minimum atomic E-state index is 0.542. The normalized spacial score (nSPS) is 23.0. The van der Waals surface area contributed by atoms with E-state index in [0.717, 1.165) is 25.0 Å². The maximum Gasteiger partial charge on any atom is 0.0233 e. The molecule has 1 aliphatic carbocycles. The molecule has 1 saturated carbocycles. The van der Waals surface area contributed by atoms with Crippen LogP contribution in [-0.4, -0.2) is 24.0 Å². The van der Waals surface area contributed by atoms with Gasteiger partial charge in [-0.2, -0.15) is 0 Å². The summed E-state index contributed by atoms with van der Waals surface area (Å²) in [5, 5.41) is 3.50. The van der Waals surface area contributed by atoms with E-state index in [2.05, 4.69) is 62.3 Å².